The number of halogens is 6. The van der Waals surface area contributed by atoms with E-state index in [-0.39, 0.29) is 0 Å². The van der Waals surface area contributed by atoms with Crippen molar-refractivity contribution < 1.29 is 55.8 Å². The predicted molar refractivity (Wildman–Crippen MR) is 69.1 cm³/mol. The summed E-state index contributed by atoms with van der Waals surface area (Å²) < 4.78 is 143. The predicted octanol–water partition coefficient (Wildman–Crippen LogP) is 1.58. The van der Waals surface area contributed by atoms with Crippen LogP contribution in [-0.4, -0.2) is 41.4 Å². The van der Waals surface area contributed by atoms with Crippen LogP contribution in [-0.2, 0) is 29.8 Å². The number of sulfone groups is 2. The third-order valence-corrected chi connectivity index (χ3v) is 7.49. The van der Waals surface area contributed by atoms with Crippen LogP contribution in [0.25, 0.3) is 0 Å². The van der Waals surface area contributed by atoms with Crippen molar-refractivity contribution in [1.82, 2.24) is 0 Å². The van der Waals surface area contributed by atoms with E-state index in [1.54, 1.807) is 0 Å². The molecule has 25 heavy (non-hydrogen) atoms. The maximum atomic E-state index is 12.2. The van der Waals surface area contributed by atoms with Crippen molar-refractivity contribution in [3.05, 3.63) is 24.3 Å². The zero-order valence-corrected chi connectivity index (χ0v) is 13.8. The van der Waals surface area contributed by atoms with Crippen LogP contribution in [0.4, 0.5) is 26.3 Å². The Morgan fingerprint density at radius 1 is 0.760 bits per heavy atom. The van der Waals surface area contributed by atoms with E-state index in [0.717, 1.165) is 0 Å². The fourth-order valence-corrected chi connectivity index (χ4v) is 4.94. The first kappa shape index (κ1) is 21.5. The summed E-state index contributed by atoms with van der Waals surface area (Å²) in [5.74, 6) is -0.991. The molecule has 144 valence electrons. The summed E-state index contributed by atoms with van der Waals surface area (Å²) in [6, 6.07) is 1.58. The number of rotatable bonds is 5. The maximum absolute atomic E-state index is 12.2. The number of hydrogen-bond acceptors (Lipinski definition) is 7. The van der Waals surface area contributed by atoms with E-state index >= 15 is 0 Å². The average Bonchev–Trinajstić information content (AvgIpc) is 2.34. The van der Waals surface area contributed by atoms with Crippen molar-refractivity contribution in [2.45, 2.75) is 15.9 Å². The Morgan fingerprint density at radius 3 is 1.56 bits per heavy atom. The van der Waals surface area contributed by atoms with Crippen LogP contribution >= 0.6 is 0 Å². The Hall–Kier alpha value is -1.55. The molecule has 0 amide bonds. The molecule has 0 aliphatic heterocycles. The lowest BCUT2D eigenvalue weighted by atomic mass is 10.3. The summed E-state index contributed by atoms with van der Waals surface area (Å²) in [6.45, 7) is 0. The normalized spacial score (nSPS) is 14.3. The first-order valence-corrected chi connectivity index (χ1v) is 10.2. The molecular formula is C9H6F6O7S3. The highest BCUT2D eigenvalue weighted by Crippen LogP contribution is 2.29. The highest BCUT2D eigenvalue weighted by molar-refractivity contribution is 8.08. The number of benzene rings is 1. The molecule has 7 nitrogen and oxygen atoms in total. The lowest BCUT2D eigenvalue weighted by molar-refractivity contribution is -0.0500. The van der Waals surface area contributed by atoms with Gasteiger partial charge in [-0.25, -0.2) is 16.8 Å². The fourth-order valence-electron chi connectivity index (χ4n) is 1.22. The first-order chi connectivity index (χ1) is 10.9. The lowest BCUT2D eigenvalue weighted by Crippen LogP contribution is -2.30. The lowest BCUT2D eigenvalue weighted by Gasteiger charge is -2.11. The summed E-state index contributed by atoms with van der Waals surface area (Å²) in [6.07, 6.45) is 0. The van der Waals surface area contributed by atoms with Gasteiger partial charge in [-0.1, -0.05) is 0 Å². The van der Waals surface area contributed by atoms with Crippen LogP contribution in [0.3, 0.4) is 0 Å². The van der Waals surface area contributed by atoms with Crippen molar-refractivity contribution in [1.29, 1.82) is 0 Å². The Labute approximate surface area is 137 Å². The number of alkyl halides is 6. The molecule has 1 rings (SSSR count). The van der Waals surface area contributed by atoms with E-state index in [9.17, 15) is 51.6 Å². The molecule has 0 unspecified atom stereocenters. The standard InChI is InChI=1S/C9H6F6O7S3/c10-8(11,12)24(18,19)5-23(16,17)7-3-1-6(2-4-7)22-25(20,21)9(13,14)15/h1-4H,5H2. The molecule has 0 N–H and O–H groups in total. The molecule has 0 radical (unpaired) electrons. The second-order valence-electron chi connectivity index (χ2n) is 4.25. The van der Waals surface area contributed by atoms with Crippen molar-refractivity contribution >= 4 is 29.8 Å². The van der Waals surface area contributed by atoms with E-state index in [2.05, 4.69) is 4.18 Å². The van der Waals surface area contributed by atoms with E-state index in [4.69, 9.17) is 0 Å². The van der Waals surface area contributed by atoms with Crippen molar-refractivity contribution in [3.8, 4) is 5.75 Å². The van der Waals surface area contributed by atoms with Crippen LogP contribution in [0.2, 0.25) is 0 Å². The third kappa shape index (κ3) is 4.97. The molecule has 0 saturated carbocycles. The van der Waals surface area contributed by atoms with Gasteiger partial charge in [-0.3, -0.25) is 0 Å². The van der Waals surface area contributed by atoms with Gasteiger partial charge in [-0.05, 0) is 24.3 Å². The summed E-state index contributed by atoms with van der Waals surface area (Å²) >= 11 is 0. The first-order valence-electron chi connectivity index (χ1n) is 5.52. The topological polar surface area (TPSA) is 112 Å². The van der Waals surface area contributed by atoms with E-state index in [1.165, 1.54) is 0 Å². The van der Waals surface area contributed by atoms with Gasteiger partial charge in [0.05, 0.1) is 4.90 Å². The van der Waals surface area contributed by atoms with Gasteiger partial charge in [0.15, 0.2) is 14.9 Å². The van der Waals surface area contributed by atoms with E-state index < -0.39 is 56.5 Å². The van der Waals surface area contributed by atoms with Gasteiger partial charge in [0.25, 0.3) is 9.84 Å². The molecule has 1 aromatic carbocycles. The minimum atomic E-state index is -6.04. The zero-order chi connectivity index (χ0) is 19.9. The van der Waals surface area contributed by atoms with Gasteiger partial charge < -0.3 is 4.18 Å². The maximum Gasteiger partial charge on any atom is 0.534 e. The van der Waals surface area contributed by atoms with Crippen LogP contribution in [0, 0.1) is 0 Å². The van der Waals surface area contributed by atoms with Gasteiger partial charge in [0.1, 0.15) is 5.75 Å². The minimum Gasteiger partial charge on any atom is -0.376 e. The molecule has 0 spiro atoms. The average molecular weight is 436 g/mol. The monoisotopic (exact) mass is 436 g/mol. The van der Waals surface area contributed by atoms with E-state index in [1.807, 2.05) is 0 Å². The molecule has 0 fully saturated rings. The molecule has 0 atom stereocenters. The molecule has 0 heterocycles. The molecule has 0 aromatic heterocycles. The van der Waals surface area contributed by atoms with Crippen LogP contribution in [0.5, 0.6) is 5.75 Å². The Morgan fingerprint density at radius 2 is 1.20 bits per heavy atom. The van der Waals surface area contributed by atoms with Gasteiger partial charge >= 0.3 is 21.1 Å². The van der Waals surface area contributed by atoms with Crippen molar-refractivity contribution in [2.24, 2.45) is 0 Å². The zero-order valence-electron chi connectivity index (χ0n) is 11.4. The molecule has 0 aliphatic rings. The second-order valence-corrected chi connectivity index (χ2v) is 10.1. The molecule has 1 aromatic rings. The van der Waals surface area contributed by atoms with Crippen LogP contribution in [0.1, 0.15) is 0 Å². The Bertz CT molecular complexity index is 940. The smallest absolute Gasteiger partial charge is 0.376 e. The van der Waals surface area contributed by atoms with Crippen molar-refractivity contribution in [3.63, 3.8) is 0 Å². The largest absolute Gasteiger partial charge is 0.534 e. The molecule has 0 bridgehead atoms. The third-order valence-electron chi connectivity index (χ3n) is 2.34. The summed E-state index contributed by atoms with van der Waals surface area (Å²) in [5.41, 5.74) is -11.6. The molecule has 0 saturated heterocycles. The second kappa shape index (κ2) is 6.31. The Balaban J connectivity index is 3.12. The molecule has 0 aliphatic carbocycles. The quantitative estimate of drug-likeness (QED) is 0.391. The highest BCUT2D eigenvalue weighted by Gasteiger charge is 2.49. The highest BCUT2D eigenvalue weighted by atomic mass is 32.3. The SMILES string of the molecule is O=S(=O)(CS(=O)(=O)C(F)(F)F)c1ccc(OS(=O)(=O)C(F)(F)F)cc1. The summed E-state index contributed by atoms with van der Waals surface area (Å²) in [5, 5.41) is -2.33. The summed E-state index contributed by atoms with van der Waals surface area (Å²) in [7, 11) is -17.1. The summed E-state index contributed by atoms with van der Waals surface area (Å²) in [4.78, 5) is -1.00. The molecule has 16 heteroatoms. The minimum absolute atomic E-state index is 0.391. The van der Waals surface area contributed by atoms with Gasteiger partial charge in [0.2, 0.25) is 0 Å². The van der Waals surface area contributed by atoms with Gasteiger partial charge in [0, 0.05) is 0 Å². The van der Waals surface area contributed by atoms with Gasteiger partial charge in [-0.15, -0.1) is 0 Å². The van der Waals surface area contributed by atoms with E-state index in [0.29, 0.717) is 24.3 Å². The number of hydrogen-bond donors (Lipinski definition) is 0. The van der Waals surface area contributed by atoms with Crippen molar-refractivity contribution in [2.75, 3.05) is 5.08 Å². The molecular weight excluding hydrogens is 430 g/mol. The fraction of sp³-hybridized carbons (Fsp3) is 0.333. The van der Waals surface area contributed by atoms with Crippen LogP contribution in [0.15, 0.2) is 29.2 Å². The van der Waals surface area contributed by atoms with Gasteiger partial charge in [-0.2, -0.15) is 34.8 Å². The Kier molecular flexibility index (Phi) is 5.43. The van der Waals surface area contributed by atoms with Crippen LogP contribution < -0.4 is 4.18 Å².